The Morgan fingerprint density at radius 1 is 0.917 bits per heavy atom. The molecule has 0 bridgehead atoms. The fourth-order valence-electron chi connectivity index (χ4n) is 3.60. The van der Waals surface area contributed by atoms with Crippen LogP contribution in [0.25, 0.3) is 0 Å². The predicted molar refractivity (Wildman–Crippen MR) is 143 cm³/mol. The van der Waals surface area contributed by atoms with Crippen molar-refractivity contribution in [1.29, 1.82) is 0 Å². The van der Waals surface area contributed by atoms with Gasteiger partial charge in [-0.1, -0.05) is 34.1 Å². The van der Waals surface area contributed by atoms with Crippen LogP contribution in [0.4, 0.5) is 5.69 Å². The molecule has 0 aliphatic heterocycles. The number of carbonyl (C=O) groups is 1. The summed E-state index contributed by atoms with van der Waals surface area (Å²) in [6.45, 7) is 5.91. The van der Waals surface area contributed by atoms with Crippen molar-refractivity contribution in [3.8, 4) is 17.2 Å². The van der Waals surface area contributed by atoms with Crippen molar-refractivity contribution in [2.45, 2.75) is 27.0 Å². The summed E-state index contributed by atoms with van der Waals surface area (Å²) in [5, 5.41) is 7.30. The van der Waals surface area contributed by atoms with Crippen molar-refractivity contribution in [3.63, 3.8) is 0 Å². The van der Waals surface area contributed by atoms with Gasteiger partial charge in [0.05, 0.1) is 31.6 Å². The normalized spacial score (nSPS) is 10.6. The quantitative estimate of drug-likeness (QED) is 0.237. The molecular weight excluding hydrogens is 522 g/mol. The summed E-state index contributed by atoms with van der Waals surface area (Å²) >= 11 is 3.41. The van der Waals surface area contributed by atoms with Gasteiger partial charge in [-0.05, 0) is 73.5 Å². The van der Waals surface area contributed by atoms with Crippen LogP contribution < -0.4 is 19.5 Å². The zero-order valence-electron chi connectivity index (χ0n) is 20.2. The molecule has 0 saturated carbocycles. The number of ether oxygens (including phenoxy) is 3. The van der Waals surface area contributed by atoms with Gasteiger partial charge in [0.25, 0.3) is 5.91 Å². The summed E-state index contributed by atoms with van der Waals surface area (Å²) in [4.78, 5) is 12.8. The van der Waals surface area contributed by atoms with E-state index in [1.165, 1.54) is 0 Å². The fraction of sp³-hybridized carbons (Fsp3) is 0.214. The molecule has 0 radical (unpaired) electrons. The van der Waals surface area contributed by atoms with E-state index in [1.54, 1.807) is 23.1 Å². The number of nitrogens with one attached hydrogen (secondary N) is 1. The second-order valence-electron chi connectivity index (χ2n) is 7.97. The van der Waals surface area contributed by atoms with Gasteiger partial charge in [-0.15, -0.1) is 0 Å². The van der Waals surface area contributed by atoms with E-state index in [9.17, 15) is 4.79 Å². The lowest BCUT2D eigenvalue weighted by Crippen LogP contribution is -2.12. The van der Waals surface area contributed by atoms with Crippen molar-refractivity contribution in [1.82, 2.24) is 9.78 Å². The molecule has 0 aliphatic rings. The highest BCUT2D eigenvalue weighted by Crippen LogP contribution is 2.29. The molecule has 1 amide bonds. The number of anilines is 1. The smallest absolute Gasteiger partial charge is 0.255 e. The fourth-order valence-corrected chi connectivity index (χ4v) is 3.86. The van der Waals surface area contributed by atoms with Gasteiger partial charge in [0, 0.05) is 16.2 Å². The minimum Gasteiger partial charge on any atom is -0.490 e. The number of rotatable bonds is 11. The molecule has 1 heterocycles. The van der Waals surface area contributed by atoms with Gasteiger partial charge in [-0.25, -0.2) is 0 Å². The van der Waals surface area contributed by atoms with Crippen molar-refractivity contribution >= 4 is 27.5 Å². The molecule has 0 spiro atoms. The zero-order valence-corrected chi connectivity index (χ0v) is 21.8. The Labute approximate surface area is 219 Å². The van der Waals surface area contributed by atoms with Crippen LogP contribution in [0, 0.1) is 0 Å². The first-order chi connectivity index (χ1) is 17.5. The van der Waals surface area contributed by atoms with Gasteiger partial charge in [0.2, 0.25) is 0 Å². The lowest BCUT2D eigenvalue weighted by molar-refractivity contribution is 0.102. The summed E-state index contributed by atoms with van der Waals surface area (Å²) in [5.41, 5.74) is 3.09. The van der Waals surface area contributed by atoms with Gasteiger partial charge in [-0.3, -0.25) is 9.48 Å². The number of hydrogen-bond donors (Lipinski definition) is 1. The second-order valence-corrected chi connectivity index (χ2v) is 8.89. The van der Waals surface area contributed by atoms with Gasteiger partial charge >= 0.3 is 0 Å². The molecule has 0 unspecified atom stereocenters. The first kappa shape index (κ1) is 25.3. The molecule has 4 aromatic rings. The van der Waals surface area contributed by atoms with Crippen LogP contribution in [-0.4, -0.2) is 28.9 Å². The standard InChI is InChI=1S/C28H28BrN3O4/c1-3-34-26-13-8-20(15-27(26)35-4-2)17-32-18-24(16-30-32)31-28(33)22-7-5-6-21(14-22)19-36-25-11-9-23(29)10-12-25/h5-16,18H,3-4,17,19H2,1-2H3,(H,31,33). The molecular formula is C28H28BrN3O4. The van der Waals surface area contributed by atoms with Crippen LogP contribution in [0.15, 0.2) is 83.6 Å². The van der Waals surface area contributed by atoms with Crippen LogP contribution in [0.1, 0.15) is 35.3 Å². The Balaban J connectivity index is 1.37. The molecule has 36 heavy (non-hydrogen) atoms. The number of carbonyl (C=O) groups excluding carboxylic acids is 1. The van der Waals surface area contributed by atoms with Crippen LogP contribution in [-0.2, 0) is 13.2 Å². The maximum absolute atomic E-state index is 12.8. The number of amides is 1. The van der Waals surface area contributed by atoms with E-state index in [-0.39, 0.29) is 5.91 Å². The predicted octanol–water partition coefficient (Wildman–Crippen LogP) is 6.32. The summed E-state index contributed by atoms with van der Waals surface area (Å²) in [5.74, 6) is 1.99. The molecule has 0 aliphatic carbocycles. The third-order valence-corrected chi connectivity index (χ3v) is 5.78. The molecule has 3 aromatic carbocycles. The number of aromatic nitrogens is 2. The average Bonchev–Trinajstić information content (AvgIpc) is 3.32. The topological polar surface area (TPSA) is 74.6 Å². The lowest BCUT2D eigenvalue weighted by Gasteiger charge is -2.12. The first-order valence-corrected chi connectivity index (χ1v) is 12.5. The van der Waals surface area contributed by atoms with E-state index < -0.39 is 0 Å². The van der Waals surface area contributed by atoms with Crippen molar-refractivity contribution in [2.75, 3.05) is 18.5 Å². The zero-order chi connectivity index (χ0) is 25.3. The molecule has 1 N–H and O–H groups in total. The molecule has 4 rings (SSSR count). The molecule has 0 saturated heterocycles. The number of hydrogen-bond acceptors (Lipinski definition) is 5. The van der Waals surface area contributed by atoms with Gasteiger partial charge in [0.15, 0.2) is 11.5 Å². The molecule has 8 heteroatoms. The lowest BCUT2D eigenvalue weighted by atomic mass is 10.1. The first-order valence-electron chi connectivity index (χ1n) is 11.7. The van der Waals surface area contributed by atoms with Gasteiger partial charge in [0.1, 0.15) is 12.4 Å². The molecule has 1 aromatic heterocycles. The molecule has 7 nitrogen and oxygen atoms in total. The SMILES string of the molecule is CCOc1ccc(Cn2cc(NC(=O)c3cccc(COc4ccc(Br)cc4)c3)cn2)cc1OCC. The van der Waals surface area contributed by atoms with Crippen molar-refractivity contribution in [3.05, 3.63) is 100 Å². The van der Waals surface area contributed by atoms with Crippen LogP contribution >= 0.6 is 15.9 Å². The van der Waals surface area contributed by atoms with E-state index in [2.05, 4.69) is 26.3 Å². The summed E-state index contributed by atoms with van der Waals surface area (Å²) in [6, 6.07) is 20.9. The number of benzene rings is 3. The Kier molecular flexibility index (Phi) is 8.62. The summed E-state index contributed by atoms with van der Waals surface area (Å²) in [7, 11) is 0. The second kappa shape index (κ2) is 12.3. The molecule has 0 atom stereocenters. The Morgan fingerprint density at radius 3 is 2.47 bits per heavy atom. The van der Waals surface area contributed by atoms with Crippen LogP contribution in [0.5, 0.6) is 17.2 Å². The highest BCUT2D eigenvalue weighted by Gasteiger charge is 2.11. The Morgan fingerprint density at radius 2 is 1.69 bits per heavy atom. The van der Waals surface area contributed by atoms with Crippen molar-refractivity contribution < 1.29 is 19.0 Å². The number of nitrogens with zero attached hydrogens (tertiary/aromatic N) is 2. The van der Waals surface area contributed by atoms with E-state index >= 15 is 0 Å². The van der Waals surface area contributed by atoms with Gasteiger partial charge < -0.3 is 19.5 Å². The van der Waals surface area contributed by atoms with Crippen LogP contribution in [0.3, 0.4) is 0 Å². The minimum absolute atomic E-state index is 0.209. The summed E-state index contributed by atoms with van der Waals surface area (Å²) in [6.07, 6.45) is 3.44. The maximum atomic E-state index is 12.8. The maximum Gasteiger partial charge on any atom is 0.255 e. The van der Waals surface area contributed by atoms with E-state index in [1.807, 2.05) is 74.5 Å². The highest BCUT2D eigenvalue weighted by atomic mass is 79.9. The highest BCUT2D eigenvalue weighted by molar-refractivity contribution is 9.10. The van der Waals surface area contributed by atoms with Gasteiger partial charge in [-0.2, -0.15) is 5.10 Å². The summed E-state index contributed by atoms with van der Waals surface area (Å²) < 4.78 is 19.9. The van der Waals surface area contributed by atoms with E-state index in [4.69, 9.17) is 14.2 Å². The van der Waals surface area contributed by atoms with Crippen molar-refractivity contribution in [2.24, 2.45) is 0 Å². The third-order valence-electron chi connectivity index (χ3n) is 5.25. The minimum atomic E-state index is -0.209. The average molecular weight is 550 g/mol. The number of halogens is 1. The monoisotopic (exact) mass is 549 g/mol. The van der Waals surface area contributed by atoms with E-state index in [0.29, 0.717) is 43.4 Å². The molecule has 0 fully saturated rings. The Hall–Kier alpha value is -3.78. The largest absolute Gasteiger partial charge is 0.490 e. The van der Waals surface area contributed by atoms with Crippen LogP contribution in [0.2, 0.25) is 0 Å². The Bertz CT molecular complexity index is 1300. The molecule has 186 valence electrons. The third kappa shape index (κ3) is 6.88. The van der Waals surface area contributed by atoms with E-state index in [0.717, 1.165) is 27.1 Å².